The highest BCUT2D eigenvalue weighted by Crippen LogP contribution is 2.35. The van der Waals surface area contributed by atoms with Gasteiger partial charge in [-0.1, -0.05) is 19.3 Å². The van der Waals surface area contributed by atoms with Crippen molar-refractivity contribution in [2.45, 2.75) is 57.7 Å². The van der Waals surface area contributed by atoms with Gasteiger partial charge in [0.1, 0.15) is 0 Å². The Labute approximate surface area is 128 Å². The Kier molecular flexibility index (Phi) is 5.47. The van der Waals surface area contributed by atoms with Crippen molar-refractivity contribution in [3.63, 3.8) is 0 Å². The van der Waals surface area contributed by atoms with Crippen LogP contribution in [0.15, 0.2) is 12.3 Å². The van der Waals surface area contributed by atoms with E-state index in [9.17, 15) is 0 Å². The monoisotopic (exact) mass is 298 g/mol. The predicted molar refractivity (Wildman–Crippen MR) is 84.2 cm³/mol. The summed E-state index contributed by atoms with van der Waals surface area (Å²) in [5.41, 5.74) is 1.79. The Morgan fingerprint density at radius 3 is 2.85 bits per heavy atom. The van der Waals surface area contributed by atoms with Gasteiger partial charge in [0, 0.05) is 44.5 Å². The van der Waals surface area contributed by atoms with Crippen LogP contribution in [0.4, 0.5) is 0 Å². The topological polar surface area (TPSA) is 33.1 Å². The number of aryl methyl sites for hydroxylation is 1. The maximum atomic E-state index is 4.41. The van der Waals surface area contributed by atoms with E-state index in [2.05, 4.69) is 33.0 Å². The van der Waals surface area contributed by atoms with Gasteiger partial charge in [-0.25, -0.2) is 0 Å². The van der Waals surface area contributed by atoms with Crippen molar-refractivity contribution < 1.29 is 0 Å². The summed E-state index contributed by atoms with van der Waals surface area (Å²) in [7, 11) is 0. The minimum Gasteiger partial charge on any atom is -0.314 e. The Balaban J connectivity index is 0.00000147. The van der Waals surface area contributed by atoms with Crippen LogP contribution in [0.3, 0.4) is 0 Å². The van der Waals surface area contributed by atoms with Crippen LogP contribution in [0.5, 0.6) is 0 Å². The van der Waals surface area contributed by atoms with Gasteiger partial charge in [0.2, 0.25) is 0 Å². The summed E-state index contributed by atoms with van der Waals surface area (Å²) in [6.45, 7) is 7.69. The van der Waals surface area contributed by atoms with E-state index in [1.807, 2.05) is 6.20 Å². The third-order valence-corrected chi connectivity index (χ3v) is 4.92. The number of rotatable bonds is 3. The van der Waals surface area contributed by atoms with Crippen molar-refractivity contribution in [2.75, 3.05) is 19.6 Å². The predicted octanol–water partition coefficient (Wildman–Crippen LogP) is 2.43. The number of nitrogens with one attached hydrogen (secondary N) is 1. The molecule has 1 spiro atoms. The van der Waals surface area contributed by atoms with E-state index < -0.39 is 0 Å². The van der Waals surface area contributed by atoms with Gasteiger partial charge in [-0.2, -0.15) is 5.10 Å². The second kappa shape index (κ2) is 6.92. The van der Waals surface area contributed by atoms with Gasteiger partial charge in [0.15, 0.2) is 0 Å². The fourth-order valence-corrected chi connectivity index (χ4v) is 3.81. The Morgan fingerprint density at radius 2 is 2.10 bits per heavy atom. The molecule has 1 N–H and O–H groups in total. The highest BCUT2D eigenvalue weighted by molar-refractivity contribution is 5.85. The molecular formula is C15H27ClN4. The Morgan fingerprint density at radius 1 is 1.30 bits per heavy atom. The summed E-state index contributed by atoms with van der Waals surface area (Å²) < 4.78 is 2.14. The smallest absolute Gasteiger partial charge is 0.0524 e. The van der Waals surface area contributed by atoms with Crippen molar-refractivity contribution in [2.24, 2.45) is 0 Å². The zero-order valence-electron chi connectivity index (χ0n) is 12.5. The normalized spacial score (nSPS) is 22.6. The number of hydrogen-bond donors (Lipinski definition) is 1. The van der Waals surface area contributed by atoms with Crippen LogP contribution in [0.2, 0.25) is 0 Å². The zero-order valence-corrected chi connectivity index (χ0v) is 13.3. The van der Waals surface area contributed by atoms with Crippen LogP contribution >= 0.6 is 12.4 Å². The second-order valence-electron chi connectivity index (χ2n) is 6.02. The molecule has 0 bridgehead atoms. The summed E-state index contributed by atoms with van der Waals surface area (Å²) in [4.78, 5) is 2.73. The SMILES string of the molecule is CCn1nccc1CN1CCNCC12CCCCC2.Cl. The molecule has 4 nitrogen and oxygen atoms in total. The molecule has 0 atom stereocenters. The second-order valence-corrected chi connectivity index (χ2v) is 6.02. The van der Waals surface area contributed by atoms with Gasteiger partial charge in [-0.15, -0.1) is 12.4 Å². The summed E-state index contributed by atoms with van der Waals surface area (Å²) in [5.74, 6) is 0. The molecule has 20 heavy (non-hydrogen) atoms. The van der Waals surface area contributed by atoms with Gasteiger partial charge in [-0.3, -0.25) is 9.58 Å². The maximum absolute atomic E-state index is 4.41. The fourth-order valence-electron chi connectivity index (χ4n) is 3.81. The van der Waals surface area contributed by atoms with Gasteiger partial charge in [0.05, 0.1) is 5.69 Å². The van der Waals surface area contributed by atoms with Crippen LogP contribution in [-0.4, -0.2) is 39.9 Å². The molecule has 2 fully saturated rings. The van der Waals surface area contributed by atoms with Crippen LogP contribution in [0.25, 0.3) is 0 Å². The lowest BCUT2D eigenvalue weighted by Crippen LogP contribution is -2.61. The molecule has 5 heteroatoms. The van der Waals surface area contributed by atoms with E-state index in [0.29, 0.717) is 5.54 Å². The molecular weight excluding hydrogens is 272 g/mol. The highest BCUT2D eigenvalue weighted by Gasteiger charge is 2.39. The summed E-state index contributed by atoms with van der Waals surface area (Å²) in [5, 5.41) is 8.03. The first-order valence-electron chi connectivity index (χ1n) is 7.80. The van der Waals surface area contributed by atoms with Crippen molar-refractivity contribution in [3.8, 4) is 0 Å². The summed E-state index contributed by atoms with van der Waals surface area (Å²) in [6.07, 6.45) is 8.87. The van der Waals surface area contributed by atoms with Gasteiger partial charge in [-0.05, 0) is 25.8 Å². The molecule has 3 rings (SSSR count). The molecule has 0 radical (unpaired) electrons. The lowest BCUT2D eigenvalue weighted by atomic mass is 9.79. The highest BCUT2D eigenvalue weighted by atomic mass is 35.5. The third kappa shape index (κ3) is 3.02. The molecule has 1 saturated heterocycles. The first-order chi connectivity index (χ1) is 9.34. The maximum Gasteiger partial charge on any atom is 0.0524 e. The molecule has 1 aliphatic carbocycles. The zero-order chi connectivity index (χ0) is 13.1. The minimum absolute atomic E-state index is 0. The average molecular weight is 299 g/mol. The molecule has 2 aliphatic rings. The summed E-state index contributed by atoms with van der Waals surface area (Å²) in [6, 6.07) is 2.18. The number of hydrogen-bond acceptors (Lipinski definition) is 3. The quantitative estimate of drug-likeness (QED) is 0.930. The van der Waals surface area contributed by atoms with E-state index in [4.69, 9.17) is 0 Å². The number of piperazine rings is 1. The number of nitrogens with zero attached hydrogens (tertiary/aromatic N) is 3. The minimum atomic E-state index is 0. The molecule has 2 heterocycles. The number of aromatic nitrogens is 2. The molecule has 114 valence electrons. The molecule has 0 amide bonds. The fraction of sp³-hybridized carbons (Fsp3) is 0.800. The van der Waals surface area contributed by atoms with Crippen molar-refractivity contribution in [3.05, 3.63) is 18.0 Å². The lowest BCUT2D eigenvalue weighted by molar-refractivity contribution is 0.0189. The van der Waals surface area contributed by atoms with Crippen LogP contribution < -0.4 is 5.32 Å². The van der Waals surface area contributed by atoms with Gasteiger partial charge in [0.25, 0.3) is 0 Å². The molecule has 1 aromatic heterocycles. The molecule has 1 saturated carbocycles. The van der Waals surface area contributed by atoms with Crippen molar-refractivity contribution >= 4 is 12.4 Å². The van der Waals surface area contributed by atoms with Crippen LogP contribution in [0.1, 0.15) is 44.7 Å². The van der Waals surface area contributed by atoms with Crippen LogP contribution in [0, 0.1) is 0 Å². The first-order valence-corrected chi connectivity index (χ1v) is 7.80. The molecule has 0 aromatic carbocycles. The Hall–Kier alpha value is -0.580. The largest absolute Gasteiger partial charge is 0.314 e. The van der Waals surface area contributed by atoms with Crippen molar-refractivity contribution in [1.29, 1.82) is 0 Å². The van der Waals surface area contributed by atoms with Crippen molar-refractivity contribution in [1.82, 2.24) is 20.0 Å². The Bertz CT molecular complexity index is 403. The van der Waals surface area contributed by atoms with Gasteiger partial charge < -0.3 is 5.32 Å². The van der Waals surface area contributed by atoms with E-state index in [1.54, 1.807) is 0 Å². The third-order valence-electron chi connectivity index (χ3n) is 4.92. The standard InChI is InChI=1S/C15H26N4.ClH/c1-2-19-14(6-9-17-19)12-18-11-10-16-13-15(18)7-4-3-5-8-15;/h6,9,16H,2-5,7-8,10-13H2,1H3;1H. The van der Waals surface area contributed by atoms with E-state index >= 15 is 0 Å². The van der Waals surface area contributed by atoms with E-state index in [-0.39, 0.29) is 12.4 Å². The van der Waals surface area contributed by atoms with E-state index in [0.717, 1.165) is 19.6 Å². The van der Waals surface area contributed by atoms with E-state index in [1.165, 1.54) is 50.9 Å². The summed E-state index contributed by atoms with van der Waals surface area (Å²) >= 11 is 0. The van der Waals surface area contributed by atoms with Crippen LogP contribution in [-0.2, 0) is 13.1 Å². The molecule has 1 aliphatic heterocycles. The lowest BCUT2D eigenvalue weighted by Gasteiger charge is -2.50. The molecule has 0 unspecified atom stereocenters. The number of halogens is 1. The molecule has 1 aromatic rings. The average Bonchev–Trinajstić information content (AvgIpc) is 2.90. The first kappa shape index (κ1) is 15.8. The van der Waals surface area contributed by atoms with Gasteiger partial charge >= 0.3 is 0 Å².